The van der Waals surface area contributed by atoms with Crippen molar-refractivity contribution < 1.29 is 14.3 Å². The Morgan fingerprint density at radius 3 is 2.90 bits per heavy atom. The average molecular weight is 289 g/mol. The lowest BCUT2D eigenvalue weighted by Crippen LogP contribution is -2.31. The van der Waals surface area contributed by atoms with Crippen LogP contribution in [0.5, 0.6) is 11.5 Å². The normalized spacial score (nSPS) is 11.8. The van der Waals surface area contributed by atoms with Gasteiger partial charge in [0.2, 0.25) is 0 Å². The van der Waals surface area contributed by atoms with Crippen LogP contribution in [0.2, 0.25) is 0 Å². The summed E-state index contributed by atoms with van der Waals surface area (Å²) in [6, 6.07) is 5.44. The predicted octanol–water partition coefficient (Wildman–Crippen LogP) is 1.98. The fourth-order valence-corrected chi connectivity index (χ4v) is 1.90. The van der Waals surface area contributed by atoms with E-state index in [1.807, 2.05) is 26.0 Å². The molecule has 1 unspecified atom stereocenters. The highest BCUT2D eigenvalue weighted by Crippen LogP contribution is 2.27. The Kier molecular flexibility index (Phi) is 4.81. The summed E-state index contributed by atoms with van der Waals surface area (Å²) in [4.78, 5) is 11.9. The quantitative estimate of drug-likeness (QED) is 0.852. The minimum Gasteiger partial charge on any atom is -0.493 e. The number of hydrogen-bond donors (Lipinski definition) is 2. The molecule has 1 atom stereocenters. The van der Waals surface area contributed by atoms with Crippen molar-refractivity contribution in [3.8, 4) is 11.5 Å². The summed E-state index contributed by atoms with van der Waals surface area (Å²) < 4.78 is 10.7. The highest BCUT2D eigenvalue weighted by molar-refractivity contribution is 5.78. The van der Waals surface area contributed by atoms with Crippen molar-refractivity contribution in [2.75, 3.05) is 13.7 Å². The number of nitrogens with one attached hydrogen (secondary N) is 2. The van der Waals surface area contributed by atoms with Crippen LogP contribution in [0.1, 0.15) is 24.1 Å². The Morgan fingerprint density at radius 2 is 2.24 bits per heavy atom. The first-order valence-electron chi connectivity index (χ1n) is 6.65. The van der Waals surface area contributed by atoms with E-state index in [1.165, 1.54) is 0 Å². The lowest BCUT2D eigenvalue weighted by Gasteiger charge is -2.14. The molecule has 0 radical (unpaired) electrons. The van der Waals surface area contributed by atoms with Gasteiger partial charge in [-0.1, -0.05) is 6.07 Å². The van der Waals surface area contributed by atoms with E-state index in [1.54, 1.807) is 25.6 Å². The molecule has 0 aliphatic rings. The van der Waals surface area contributed by atoms with Crippen LogP contribution < -0.4 is 14.8 Å². The average Bonchev–Trinajstić information content (AvgIpc) is 3.00. The standard InChI is InChI=1S/C15H19N3O3/c1-10-4-5-13(14(6-10)20-3)21-9-15(19)18-11(2)12-7-16-17-8-12/h4-8,11H,9H2,1-3H3,(H,16,17)(H,18,19). The van der Waals surface area contributed by atoms with E-state index in [4.69, 9.17) is 9.47 Å². The Labute approximate surface area is 123 Å². The van der Waals surface area contributed by atoms with Gasteiger partial charge in [-0.2, -0.15) is 5.10 Å². The molecule has 0 aliphatic heterocycles. The van der Waals surface area contributed by atoms with Gasteiger partial charge in [-0.15, -0.1) is 0 Å². The molecule has 2 aromatic rings. The molecule has 21 heavy (non-hydrogen) atoms. The highest BCUT2D eigenvalue weighted by atomic mass is 16.5. The number of hydrogen-bond acceptors (Lipinski definition) is 4. The predicted molar refractivity (Wildman–Crippen MR) is 78.4 cm³/mol. The maximum atomic E-state index is 11.9. The molecule has 0 saturated heterocycles. The summed E-state index contributed by atoms with van der Waals surface area (Å²) >= 11 is 0. The van der Waals surface area contributed by atoms with E-state index in [2.05, 4.69) is 15.5 Å². The smallest absolute Gasteiger partial charge is 0.258 e. The molecule has 2 N–H and O–H groups in total. The van der Waals surface area contributed by atoms with Gasteiger partial charge >= 0.3 is 0 Å². The molecule has 1 aromatic carbocycles. The summed E-state index contributed by atoms with van der Waals surface area (Å²) in [7, 11) is 1.57. The summed E-state index contributed by atoms with van der Waals surface area (Å²) in [6.07, 6.45) is 3.42. The Morgan fingerprint density at radius 1 is 1.43 bits per heavy atom. The fraction of sp³-hybridized carbons (Fsp3) is 0.333. The number of amides is 1. The lowest BCUT2D eigenvalue weighted by atomic mass is 10.2. The van der Waals surface area contributed by atoms with Crippen LogP contribution in [-0.4, -0.2) is 29.8 Å². The lowest BCUT2D eigenvalue weighted by molar-refractivity contribution is -0.123. The van der Waals surface area contributed by atoms with E-state index in [-0.39, 0.29) is 18.6 Å². The number of rotatable bonds is 6. The number of carbonyl (C=O) groups excluding carboxylic acids is 1. The zero-order valence-electron chi connectivity index (χ0n) is 12.3. The number of ether oxygens (including phenoxy) is 2. The maximum absolute atomic E-state index is 11.9. The molecule has 0 spiro atoms. The van der Waals surface area contributed by atoms with E-state index < -0.39 is 0 Å². The number of H-pyrrole nitrogens is 1. The molecule has 0 saturated carbocycles. The zero-order valence-corrected chi connectivity index (χ0v) is 12.3. The molecule has 1 amide bonds. The van der Waals surface area contributed by atoms with Gasteiger partial charge in [0.1, 0.15) is 0 Å². The molecule has 0 fully saturated rings. The zero-order chi connectivity index (χ0) is 15.2. The molecular formula is C15H19N3O3. The molecule has 1 aromatic heterocycles. The first-order valence-corrected chi connectivity index (χ1v) is 6.65. The molecule has 2 rings (SSSR count). The van der Waals surface area contributed by atoms with Crippen LogP contribution in [0.3, 0.4) is 0 Å². The van der Waals surface area contributed by atoms with Gasteiger partial charge in [0, 0.05) is 11.8 Å². The topological polar surface area (TPSA) is 76.2 Å². The number of aryl methyl sites for hydroxylation is 1. The number of aromatic nitrogens is 2. The van der Waals surface area contributed by atoms with Gasteiger partial charge in [-0.3, -0.25) is 9.89 Å². The minimum absolute atomic E-state index is 0.0678. The van der Waals surface area contributed by atoms with Crippen molar-refractivity contribution in [1.29, 1.82) is 0 Å². The first-order chi connectivity index (χ1) is 10.1. The van der Waals surface area contributed by atoms with Gasteiger partial charge in [-0.05, 0) is 31.5 Å². The Balaban J connectivity index is 1.89. The number of benzene rings is 1. The third-order valence-corrected chi connectivity index (χ3v) is 3.07. The van der Waals surface area contributed by atoms with Gasteiger partial charge in [0.05, 0.1) is 19.3 Å². The highest BCUT2D eigenvalue weighted by Gasteiger charge is 2.12. The number of nitrogens with zero attached hydrogens (tertiary/aromatic N) is 1. The second-order valence-corrected chi connectivity index (χ2v) is 4.76. The van der Waals surface area contributed by atoms with Crippen LogP contribution in [0.4, 0.5) is 0 Å². The first kappa shape index (κ1) is 14.9. The summed E-state index contributed by atoms with van der Waals surface area (Å²) in [5.41, 5.74) is 1.98. The molecule has 0 aliphatic carbocycles. The van der Waals surface area contributed by atoms with Crippen molar-refractivity contribution >= 4 is 5.91 Å². The molecular weight excluding hydrogens is 270 g/mol. The van der Waals surface area contributed by atoms with E-state index in [0.29, 0.717) is 11.5 Å². The van der Waals surface area contributed by atoms with Crippen LogP contribution in [0, 0.1) is 6.92 Å². The van der Waals surface area contributed by atoms with Crippen LogP contribution in [0.15, 0.2) is 30.6 Å². The van der Waals surface area contributed by atoms with Gasteiger partial charge in [0.25, 0.3) is 5.91 Å². The molecule has 1 heterocycles. The van der Waals surface area contributed by atoms with Crippen LogP contribution in [-0.2, 0) is 4.79 Å². The number of methoxy groups -OCH3 is 1. The van der Waals surface area contributed by atoms with Gasteiger partial charge in [0.15, 0.2) is 18.1 Å². The molecule has 6 nitrogen and oxygen atoms in total. The largest absolute Gasteiger partial charge is 0.493 e. The number of carbonyl (C=O) groups is 1. The second-order valence-electron chi connectivity index (χ2n) is 4.76. The van der Waals surface area contributed by atoms with Crippen molar-refractivity contribution in [2.24, 2.45) is 0 Å². The van der Waals surface area contributed by atoms with Crippen LogP contribution in [0.25, 0.3) is 0 Å². The maximum Gasteiger partial charge on any atom is 0.258 e. The van der Waals surface area contributed by atoms with Crippen molar-refractivity contribution in [2.45, 2.75) is 19.9 Å². The SMILES string of the molecule is COc1cc(C)ccc1OCC(=O)NC(C)c1cn[nH]c1. The third-order valence-electron chi connectivity index (χ3n) is 3.07. The van der Waals surface area contributed by atoms with Gasteiger partial charge in [-0.25, -0.2) is 0 Å². The summed E-state index contributed by atoms with van der Waals surface area (Å²) in [5, 5.41) is 9.40. The number of aromatic amines is 1. The monoisotopic (exact) mass is 289 g/mol. The molecule has 0 bridgehead atoms. The minimum atomic E-state index is -0.202. The second kappa shape index (κ2) is 6.78. The van der Waals surface area contributed by atoms with E-state index in [0.717, 1.165) is 11.1 Å². The summed E-state index contributed by atoms with van der Waals surface area (Å²) in [6.45, 7) is 3.78. The molecule has 6 heteroatoms. The van der Waals surface area contributed by atoms with Crippen LogP contribution >= 0.6 is 0 Å². The third kappa shape index (κ3) is 3.98. The van der Waals surface area contributed by atoms with E-state index in [9.17, 15) is 4.79 Å². The Bertz CT molecular complexity index is 596. The van der Waals surface area contributed by atoms with Crippen molar-refractivity contribution in [1.82, 2.24) is 15.5 Å². The Hall–Kier alpha value is -2.50. The van der Waals surface area contributed by atoms with Gasteiger partial charge < -0.3 is 14.8 Å². The fourth-order valence-electron chi connectivity index (χ4n) is 1.90. The summed E-state index contributed by atoms with van der Waals surface area (Å²) in [5.74, 6) is 0.964. The molecule has 112 valence electrons. The van der Waals surface area contributed by atoms with E-state index >= 15 is 0 Å². The van der Waals surface area contributed by atoms with Crippen molar-refractivity contribution in [3.63, 3.8) is 0 Å². The van der Waals surface area contributed by atoms with Crippen molar-refractivity contribution in [3.05, 3.63) is 41.7 Å².